The van der Waals surface area contributed by atoms with E-state index in [0.29, 0.717) is 11.7 Å². The van der Waals surface area contributed by atoms with Gasteiger partial charge < -0.3 is 4.52 Å². The van der Waals surface area contributed by atoms with E-state index in [9.17, 15) is 4.79 Å². The Bertz CT molecular complexity index is 581. The number of ketones is 1. The minimum Gasteiger partial charge on any atom is -0.338 e. The van der Waals surface area contributed by atoms with E-state index in [4.69, 9.17) is 4.52 Å². The van der Waals surface area contributed by atoms with E-state index >= 15 is 0 Å². The van der Waals surface area contributed by atoms with E-state index in [1.165, 1.54) is 0 Å². The van der Waals surface area contributed by atoms with Gasteiger partial charge in [-0.05, 0) is 12.8 Å². The molecule has 3 rings (SSSR count). The maximum Gasteiger partial charge on any atom is 0.234 e. The lowest BCUT2D eigenvalue weighted by atomic mass is 10.0. The maximum atomic E-state index is 12.0. The van der Waals surface area contributed by atoms with Crippen LogP contribution in [0.2, 0.25) is 0 Å². The molecule has 0 atom stereocenters. The predicted octanol–water partition coefficient (Wildman–Crippen LogP) is 1.77. The molecular weight excluding hydrogens is 244 g/mol. The summed E-state index contributed by atoms with van der Waals surface area (Å²) in [5.74, 6) is 1.30. The first-order valence-corrected chi connectivity index (χ1v) is 6.56. The number of hydrogen-bond acceptors (Lipinski definition) is 5. The lowest BCUT2D eigenvalue weighted by Crippen LogP contribution is -2.13. The lowest BCUT2D eigenvalue weighted by molar-refractivity contribution is -0.122. The van der Waals surface area contributed by atoms with Gasteiger partial charge in [0.2, 0.25) is 11.7 Å². The number of rotatable bonds is 4. The van der Waals surface area contributed by atoms with Gasteiger partial charge in [-0.1, -0.05) is 18.0 Å². The molecule has 19 heavy (non-hydrogen) atoms. The second kappa shape index (κ2) is 4.95. The number of carbonyl (C=O) groups is 1. The summed E-state index contributed by atoms with van der Waals surface area (Å²) in [4.78, 5) is 16.3. The van der Waals surface area contributed by atoms with Gasteiger partial charge in [-0.2, -0.15) is 10.1 Å². The third-order valence-electron chi connectivity index (χ3n) is 3.57. The smallest absolute Gasteiger partial charge is 0.234 e. The van der Waals surface area contributed by atoms with Gasteiger partial charge in [0, 0.05) is 19.2 Å². The first kappa shape index (κ1) is 12.1. The Labute approximate surface area is 110 Å². The minimum atomic E-state index is 0.189. The van der Waals surface area contributed by atoms with Gasteiger partial charge in [0.25, 0.3) is 0 Å². The topological polar surface area (TPSA) is 73.8 Å². The number of carbonyl (C=O) groups excluding carboxylic acids is 1. The molecule has 0 bridgehead atoms. The number of Topliss-reactive ketones (excluding diaryl/α,β-unsaturated/α-hetero) is 1. The molecule has 1 aliphatic rings. The summed E-state index contributed by atoms with van der Waals surface area (Å²) >= 11 is 0. The average Bonchev–Trinajstić information content (AvgIpc) is 3.07. The van der Waals surface area contributed by atoms with Crippen LogP contribution in [-0.2, 0) is 18.3 Å². The summed E-state index contributed by atoms with van der Waals surface area (Å²) in [7, 11) is 1.83. The van der Waals surface area contributed by atoms with E-state index in [1.54, 1.807) is 10.9 Å². The van der Waals surface area contributed by atoms with Crippen molar-refractivity contribution in [3.63, 3.8) is 0 Å². The third kappa shape index (κ3) is 2.57. The normalized spacial score (nSPS) is 16.1. The number of hydrogen-bond donors (Lipinski definition) is 0. The molecule has 0 amide bonds. The second-order valence-electron chi connectivity index (χ2n) is 5.04. The van der Waals surface area contributed by atoms with Gasteiger partial charge in [-0.15, -0.1) is 0 Å². The summed E-state index contributed by atoms with van der Waals surface area (Å²) in [6.45, 7) is 0. The molecule has 2 heterocycles. The molecule has 6 heteroatoms. The fourth-order valence-electron chi connectivity index (χ4n) is 2.52. The summed E-state index contributed by atoms with van der Waals surface area (Å²) in [6.07, 6.45) is 8.05. The Morgan fingerprint density at radius 1 is 1.47 bits per heavy atom. The molecule has 0 spiro atoms. The highest BCUT2D eigenvalue weighted by Crippen LogP contribution is 2.26. The molecule has 1 saturated carbocycles. The van der Waals surface area contributed by atoms with Crippen molar-refractivity contribution in [2.24, 2.45) is 13.0 Å². The van der Waals surface area contributed by atoms with Crippen LogP contribution in [0, 0.1) is 5.92 Å². The van der Waals surface area contributed by atoms with Crippen molar-refractivity contribution in [1.82, 2.24) is 19.9 Å². The van der Waals surface area contributed by atoms with Crippen molar-refractivity contribution < 1.29 is 9.32 Å². The van der Waals surface area contributed by atoms with Crippen LogP contribution in [0.4, 0.5) is 0 Å². The third-order valence-corrected chi connectivity index (χ3v) is 3.57. The minimum absolute atomic E-state index is 0.189. The fraction of sp³-hybridized carbons (Fsp3) is 0.538. The van der Waals surface area contributed by atoms with E-state index in [0.717, 1.165) is 31.2 Å². The molecule has 0 unspecified atom stereocenters. The Hall–Kier alpha value is -1.98. The second-order valence-corrected chi connectivity index (χ2v) is 5.04. The number of nitrogens with zero attached hydrogens (tertiary/aromatic N) is 4. The highest BCUT2D eigenvalue weighted by Gasteiger charge is 2.24. The van der Waals surface area contributed by atoms with Crippen molar-refractivity contribution in [3.05, 3.63) is 18.3 Å². The van der Waals surface area contributed by atoms with Crippen molar-refractivity contribution in [3.8, 4) is 11.4 Å². The zero-order valence-electron chi connectivity index (χ0n) is 10.9. The van der Waals surface area contributed by atoms with Crippen LogP contribution < -0.4 is 0 Å². The monoisotopic (exact) mass is 260 g/mol. The van der Waals surface area contributed by atoms with Gasteiger partial charge in [0.1, 0.15) is 5.78 Å². The Balaban J connectivity index is 1.69. The molecule has 0 N–H and O–H groups in total. The van der Waals surface area contributed by atoms with Gasteiger partial charge >= 0.3 is 0 Å². The van der Waals surface area contributed by atoms with Crippen LogP contribution >= 0.6 is 0 Å². The average molecular weight is 260 g/mol. The largest absolute Gasteiger partial charge is 0.338 e. The van der Waals surface area contributed by atoms with Crippen LogP contribution in [0.25, 0.3) is 11.4 Å². The highest BCUT2D eigenvalue weighted by atomic mass is 16.5. The van der Waals surface area contributed by atoms with Crippen molar-refractivity contribution in [2.45, 2.75) is 32.1 Å². The van der Waals surface area contributed by atoms with Gasteiger partial charge in [-0.25, -0.2) is 0 Å². The molecule has 100 valence electrons. The van der Waals surface area contributed by atoms with Crippen molar-refractivity contribution in [1.29, 1.82) is 0 Å². The molecule has 0 radical (unpaired) electrons. The molecular formula is C13H16N4O2. The Morgan fingerprint density at radius 2 is 2.26 bits per heavy atom. The van der Waals surface area contributed by atoms with Crippen molar-refractivity contribution >= 4 is 5.78 Å². The van der Waals surface area contributed by atoms with Gasteiger partial charge in [-0.3, -0.25) is 9.48 Å². The first-order valence-electron chi connectivity index (χ1n) is 6.56. The zero-order chi connectivity index (χ0) is 13.2. The molecule has 1 fully saturated rings. The van der Waals surface area contributed by atoms with E-state index < -0.39 is 0 Å². The van der Waals surface area contributed by atoms with E-state index in [-0.39, 0.29) is 18.1 Å². The maximum absolute atomic E-state index is 12.0. The molecule has 0 aromatic carbocycles. The summed E-state index contributed by atoms with van der Waals surface area (Å²) < 4.78 is 6.82. The van der Waals surface area contributed by atoms with Crippen LogP contribution in [0.3, 0.4) is 0 Å². The van der Waals surface area contributed by atoms with Crippen LogP contribution in [0.1, 0.15) is 31.6 Å². The standard InChI is InChI=1S/C13H16N4O2/c1-17-8-10(7-14-17)13-15-12(19-16-13)6-11(18)9-4-2-3-5-9/h7-9H,2-6H2,1H3. The Morgan fingerprint density at radius 3 is 2.95 bits per heavy atom. The first-order chi connectivity index (χ1) is 9.22. The van der Waals surface area contributed by atoms with Gasteiger partial charge in [0.05, 0.1) is 18.2 Å². The SMILES string of the molecule is Cn1cc(-c2noc(CC(=O)C3CCCC3)n2)cn1. The highest BCUT2D eigenvalue weighted by molar-refractivity contribution is 5.82. The predicted molar refractivity (Wildman–Crippen MR) is 67.2 cm³/mol. The zero-order valence-corrected chi connectivity index (χ0v) is 10.9. The van der Waals surface area contributed by atoms with Crippen LogP contribution in [0.5, 0.6) is 0 Å². The van der Waals surface area contributed by atoms with Crippen LogP contribution in [0.15, 0.2) is 16.9 Å². The van der Waals surface area contributed by atoms with Crippen molar-refractivity contribution in [2.75, 3.05) is 0 Å². The molecule has 1 aliphatic carbocycles. The fourth-order valence-corrected chi connectivity index (χ4v) is 2.52. The number of aromatic nitrogens is 4. The van der Waals surface area contributed by atoms with Gasteiger partial charge in [0.15, 0.2) is 0 Å². The Kier molecular flexibility index (Phi) is 3.15. The molecule has 2 aromatic heterocycles. The molecule has 0 aliphatic heterocycles. The van der Waals surface area contributed by atoms with Crippen LogP contribution in [-0.4, -0.2) is 25.7 Å². The lowest BCUT2D eigenvalue weighted by Gasteiger charge is -2.04. The van der Waals surface area contributed by atoms with E-state index in [1.807, 2.05) is 13.2 Å². The summed E-state index contributed by atoms with van der Waals surface area (Å²) in [5, 5.41) is 7.94. The quantitative estimate of drug-likeness (QED) is 0.837. The summed E-state index contributed by atoms with van der Waals surface area (Å²) in [6, 6.07) is 0. The summed E-state index contributed by atoms with van der Waals surface area (Å²) in [5.41, 5.74) is 0.797. The molecule has 2 aromatic rings. The molecule has 6 nitrogen and oxygen atoms in total. The number of aryl methyl sites for hydroxylation is 1. The van der Waals surface area contributed by atoms with E-state index in [2.05, 4.69) is 15.2 Å². The molecule has 0 saturated heterocycles.